The molecular formula is C22H33N5O10S+2. The maximum atomic E-state index is 11.8. The molecule has 0 bridgehead atoms. The minimum absolute atomic E-state index is 0.0582. The Hall–Kier alpha value is -3.18. The van der Waals surface area contributed by atoms with Gasteiger partial charge in [0.1, 0.15) is 31.3 Å². The summed E-state index contributed by atoms with van der Waals surface area (Å²) in [6.45, 7) is 2.33. The van der Waals surface area contributed by atoms with E-state index in [2.05, 4.69) is 23.1 Å². The zero-order chi connectivity index (χ0) is 27.9. The lowest BCUT2D eigenvalue weighted by Crippen LogP contribution is -2.38. The number of carbonyl (C=O) groups excluding carboxylic acids is 3. The highest BCUT2D eigenvalue weighted by atomic mass is 32.2. The van der Waals surface area contributed by atoms with Crippen LogP contribution >= 0.6 is 0 Å². The number of aryl methyl sites for hydroxylation is 3. The van der Waals surface area contributed by atoms with E-state index in [-0.39, 0.29) is 31.3 Å². The molecule has 210 valence electrons. The molecule has 2 aromatic heterocycles. The molecule has 1 atom stereocenters. The number of ether oxygens (including phenoxy) is 3. The van der Waals surface area contributed by atoms with E-state index in [1.807, 2.05) is 45.9 Å². The van der Waals surface area contributed by atoms with Crippen molar-refractivity contribution >= 4 is 27.9 Å². The molecule has 0 radical (unpaired) electrons. The Labute approximate surface area is 219 Å². The fourth-order valence-corrected chi connectivity index (χ4v) is 4.52. The largest absolute Gasteiger partial charge is 0.378 e. The average Bonchev–Trinajstić information content (AvgIpc) is 3.47. The van der Waals surface area contributed by atoms with Crippen LogP contribution in [0.5, 0.6) is 0 Å². The first-order valence-electron chi connectivity index (χ1n) is 11.8. The molecule has 1 N–H and O–H groups in total. The van der Waals surface area contributed by atoms with Gasteiger partial charge >= 0.3 is 17.6 Å². The van der Waals surface area contributed by atoms with Crippen LogP contribution in [0.3, 0.4) is 0 Å². The third-order valence-corrected chi connectivity index (χ3v) is 6.83. The number of imide groups is 1. The number of hydrogen-bond donors (Lipinski definition) is 1. The molecule has 2 amide bonds. The van der Waals surface area contributed by atoms with Crippen LogP contribution in [0.15, 0.2) is 24.8 Å². The average molecular weight is 560 g/mol. The molecule has 1 aliphatic rings. The lowest BCUT2D eigenvalue weighted by atomic mass is 10.4. The van der Waals surface area contributed by atoms with Gasteiger partial charge in [0, 0.05) is 0 Å². The maximum absolute atomic E-state index is 11.8. The molecule has 1 unspecified atom stereocenters. The number of aromatic nitrogens is 4. The number of imidazole rings is 2. The van der Waals surface area contributed by atoms with Gasteiger partial charge in [-0.1, -0.05) is 0 Å². The van der Waals surface area contributed by atoms with E-state index >= 15 is 0 Å². The van der Waals surface area contributed by atoms with E-state index in [1.54, 1.807) is 0 Å². The highest BCUT2D eigenvalue weighted by Crippen LogP contribution is 2.20. The molecule has 3 rings (SSSR count). The molecule has 16 heteroatoms. The Kier molecular flexibility index (Phi) is 10.1. The summed E-state index contributed by atoms with van der Waals surface area (Å²) in [6, 6.07) is 0. The molecule has 0 spiro atoms. The summed E-state index contributed by atoms with van der Waals surface area (Å²) in [7, 11) is 1.22. The number of hydrogen-bond acceptors (Lipinski definition) is 9. The minimum Gasteiger partial charge on any atom is -0.378 e. The van der Waals surface area contributed by atoms with Crippen LogP contribution < -0.4 is 9.13 Å². The fourth-order valence-electron chi connectivity index (χ4n) is 3.82. The number of carbonyl (C=O) groups is 3. The zero-order valence-electron chi connectivity index (χ0n) is 21.5. The van der Waals surface area contributed by atoms with Crippen molar-refractivity contribution < 1.29 is 55.5 Å². The van der Waals surface area contributed by atoms with E-state index in [0.717, 1.165) is 11.6 Å². The normalized spacial score (nSPS) is 16.0. The molecule has 0 aliphatic carbocycles. The van der Waals surface area contributed by atoms with Crippen LogP contribution in [0, 0.1) is 0 Å². The summed E-state index contributed by atoms with van der Waals surface area (Å²) >= 11 is 0. The summed E-state index contributed by atoms with van der Waals surface area (Å²) in [5.74, 6) is -1.18. The van der Waals surface area contributed by atoms with Gasteiger partial charge in [-0.25, -0.2) is 23.1 Å². The Morgan fingerprint density at radius 1 is 0.974 bits per heavy atom. The van der Waals surface area contributed by atoms with Crippen molar-refractivity contribution in [3.63, 3.8) is 0 Å². The van der Waals surface area contributed by atoms with Crippen LogP contribution in [-0.4, -0.2) is 89.8 Å². The highest BCUT2D eigenvalue weighted by molar-refractivity contribution is 7.87. The van der Waals surface area contributed by atoms with Gasteiger partial charge in [0.05, 0.1) is 73.6 Å². The maximum Gasteiger partial charge on any atom is 0.373 e. The van der Waals surface area contributed by atoms with Crippen molar-refractivity contribution in [2.75, 3.05) is 39.6 Å². The van der Waals surface area contributed by atoms with Crippen LogP contribution in [0.1, 0.15) is 12.8 Å². The van der Waals surface area contributed by atoms with Crippen LogP contribution in [0.25, 0.3) is 11.6 Å². The molecule has 15 nitrogen and oxygen atoms in total. The first-order valence-corrected chi connectivity index (χ1v) is 13.3. The van der Waals surface area contributed by atoms with Crippen molar-refractivity contribution in [1.82, 2.24) is 14.2 Å². The molecule has 1 aliphatic heterocycles. The molecule has 1 saturated heterocycles. The minimum atomic E-state index is -4.77. The predicted octanol–water partition coefficient (Wildman–Crippen LogP) is -1.94. The van der Waals surface area contributed by atoms with Gasteiger partial charge in [0.2, 0.25) is 0 Å². The first kappa shape index (κ1) is 29.4. The monoisotopic (exact) mass is 559 g/mol. The van der Waals surface area contributed by atoms with Gasteiger partial charge in [-0.15, -0.1) is 5.06 Å². The third-order valence-electron chi connectivity index (χ3n) is 5.74. The number of rotatable bonds is 15. The SMILES string of the molecule is Cn1cc[n+](C)c1-c1n(CCOCCOCCOCCC(=O)ON2C(=O)CC(S(=O)(=O)O)C2=O)cc[n+]1C. The quantitative estimate of drug-likeness (QED) is 0.112. The molecular weight excluding hydrogens is 526 g/mol. The van der Waals surface area contributed by atoms with Crippen molar-refractivity contribution in [3.05, 3.63) is 24.8 Å². The van der Waals surface area contributed by atoms with Crippen molar-refractivity contribution in [3.8, 4) is 11.6 Å². The summed E-state index contributed by atoms with van der Waals surface area (Å²) in [4.78, 5) is 39.9. The number of hydroxylamine groups is 2. The van der Waals surface area contributed by atoms with Crippen LogP contribution in [0.4, 0.5) is 0 Å². The lowest BCUT2D eigenvalue weighted by Gasteiger charge is -2.13. The van der Waals surface area contributed by atoms with Crippen LogP contribution in [-0.2, 0) is 71.2 Å². The summed E-state index contributed by atoms with van der Waals surface area (Å²) < 4.78 is 55.8. The fraction of sp³-hybridized carbons (Fsp3) is 0.591. The summed E-state index contributed by atoms with van der Waals surface area (Å²) in [5.41, 5.74) is 0. The van der Waals surface area contributed by atoms with Gasteiger partial charge in [-0.2, -0.15) is 8.42 Å². The smallest absolute Gasteiger partial charge is 0.373 e. The van der Waals surface area contributed by atoms with E-state index in [9.17, 15) is 22.8 Å². The predicted molar refractivity (Wildman–Crippen MR) is 126 cm³/mol. The second-order valence-corrected chi connectivity index (χ2v) is 10.2. The van der Waals surface area contributed by atoms with Gasteiger partial charge in [-0.05, 0) is 0 Å². The van der Waals surface area contributed by atoms with E-state index in [1.165, 1.54) is 0 Å². The molecule has 38 heavy (non-hydrogen) atoms. The van der Waals surface area contributed by atoms with Crippen molar-refractivity contribution in [2.45, 2.75) is 24.6 Å². The second kappa shape index (κ2) is 13.1. The van der Waals surface area contributed by atoms with E-state index < -0.39 is 39.6 Å². The van der Waals surface area contributed by atoms with Crippen molar-refractivity contribution in [2.24, 2.45) is 21.1 Å². The third kappa shape index (κ3) is 7.44. The first-order chi connectivity index (χ1) is 18.0. The zero-order valence-corrected chi connectivity index (χ0v) is 22.3. The molecule has 2 aromatic rings. The lowest BCUT2D eigenvalue weighted by molar-refractivity contribution is -0.690. The molecule has 0 saturated carbocycles. The van der Waals surface area contributed by atoms with Gasteiger partial charge in [0.25, 0.3) is 21.9 Å². The second-order valence-electron chi connectivity index (χ2n) is 8.55. The molecule has 3 heterocycles. The highest BCUT2D eigenvalue weighted by Gasteiger charge is 2.48. The van der Waals surface area contributed by atoms with Crippen LogP contribution in [0.2, 0.25) is 0 Å². The Morgan fingerprint density at radius 3 is 2.13 bits per heavy atom. The van der Waals surface area contributed by atoms with E-state index in [0.29, 0.717) is 26.4 Å². The summed E-state index contributed by atoms with van der Waals surface area (Å²) in [5, 5.41) is -1.91. The van der Waals surface area contributed by atoms with E-state index in [4.69, 9.17) is 18.8 Å². The van der Waals surface area contributed by atoms with Gasteiger partial charge in [-0.3, -0.25) is 14.1 Å². The Bertz CT molecular complexity index is 1240. The van der Waals surface area contributed by atoms with Gasteiger partial charge in [0.15, 0.2) is 5.25 Å². The number of nitrogens with zero attached hydrogens (tertiary/aromatic N) is 5. The van der Waals surface area contributed by atoms with Crippen molar-refractivity contribution in [1.29, 1.82) is 0 Å². The Morgan fingerprint density at radius 2 is 1.55 bits per heavy atom. The topological polar surface area (TPSA) is 163 Å². The molecule has 1 fully saturated rings. The number of amides is 2. The van der Waals surface area contributed by atoms with Gasteiger partial charge < -0.3 is 19.0 Å². The summed E-state index contributed by atoms with van der Waals surface area (Å²) in [6.07, 6.45) is 6.93. The standard InChI is InChI=1S/C22H32N5O10S/c1-23-5-6-24(2)20(23)21-25(3)7-8-26(21)9-11-35-13-15-36-14-12-34-10-4-19(29)37-27-18(28)16-17(22(27)30)38(31,32)33/h5-8,17H,4,9-16H2,1-3H3/q+1/p+1. The molecule has 0 aromatic carbocycles. The Balaban J connectivity index is 1.23.